The zero-order valence-corrected chi connectivity index (χ0v) is 13.2. The van der Waals surface area contributed by atoms with Crippen molar-refractivity contribution in [1.82, 2.24) is 4.90 Å². The molecule has 0 bridgehead atoms. The maximum absolute atomic E-state index is 12.3. The SMILES string of the molecule is O=C(Nc1ccccc1Cl)N1CCC(c2ccsc2)CC1. The monoisotopic (exact) mass is 320 g/mol. The van der Waals surface area contributed by atoms with Crippen molar-refractivity contribution in [3.8, 4) is 0 Å². The van der Waals surface area contributed by atoms with Crippen molar-refractivity contribution in [2.45, 2.75) is 18.8 Å². The second kappa shape index (κ2) is 6.50. The van der Waals surface area contributed by atoms with Crippen LogP contribution in [0.25, 0.3) is 0 Å². The van der Waals surface area contributed by atoms with Gasteiger partial charge in [-0.3, -0.25) is 0 Å². The molecule has 1 saturated heterocycles. The number of amides is 2. The Morgan fingerprint density at radius 3 is 2.67 bits per heavy atom. The van der Waals surface area contributed by atoms with Crippen molar-refractivity contribution >= 4 is 34.7 Å². The number of hydrogen-bond acceptors (Lipinski definition) is 2. The Morgan fingerprint density at radius 2 is 2.00 bits per heavy atom. The number of para-hydroxylation sites is 1. The molecule has 21 heavy (non-hydrogen) atoms. The van der Waals surface area contributed by atoms with E-state index in [9.17, 15) is 4.79 Å². The van der Waals surface area contributed by atoms with Crippen LogP contribution >= 0.6 is 22.9 Å². The first kappa shape index (κ1) is 14.4. The molecular weight excluding hydrogens is 304 g/mol. The Labute approximate surface area is 133 Å². The molecule has 1 aromatic carbocycles. The first-order valence-electron chi connectivity index (χ1n) is 7.06. The topological polar surface area (TPSA) is 32.3 Å². The normalized spacial score (nSPS) is 16.0. The summed E-state index contributed by atoms with van der Waals surface area (Å²) in [5, 5.41) is 7.78. The zero-order chi connectivity index (χ0) is 14.7. The van der Waals surface area contributed by atoms with Crippen molar-refractivity contribution in [3.63, 3.8) is 0 Å². The highest BCUT2D eigenvalue weighted by Gasteiger charge is 2.24. The fourth-order valence-electron chi connectivity index (χ4n) is 2.68. The number of piperidine rings is 1. The summed E-state index contributed by atoms with van der Waals surface area (Å²) in [6.45, 7) is 1.58. The van der Waals surface area contributed by atoms with Crippen LogP contribution < -0.4 is 5.32 Å². The molecule has 2 heterocycles. The summed E-state index contributed by atoms with van der Waals surface area (Å²) in [5.41, 5.74) is 2.08. The smallest absolute Gasteiger partial charge is 0.321 e. The first-order chi connectivity index (χ1) is 10.2. The largest absolute Gasteiger partial charge is 0.324 e. The van der Waals surface area contributed by atoms with E-state index in [0.29, 0.717) is 16.6 Å². The lowest BCUT2D eigenvalue weighted by Gasteiger charge is -2.31. The molecule has 0 aliphatic carbocycles. The lowest BCUT2D eigenvalue weighted by Crippen LogP contribution is -2.40. The minimum atomic E-state index is -0.0631. The van der Waals surface area contributed by atoms with Gasteiger partial charge in [-0.05, 0) is 53.3 Å². The average molecular weight is 321 g/mol. The van der Waals surface area contributed by atoms with Gasteiger partial charge >= 0.3 is 6.03 Å². The minimum Gasteiger partial charge on any atom is -0.324 e. The molecule has 1 aromatic heterocycles. The molecule has 3 rings (SSSR count). The van der Waals surface area contributed by atoms with Gasteiger partial charge in [-0.2, -0.15) is 11.3 Å². The molecule has 0 saturated carbocycles. The van der Waals surface area contributed by atoms with E-state index < -0.39 is 0 Å². The second-order valence-corrected chi connectivity index (χ2v) is 6.42. The Kier molecular flexibility index (Phi) is 4.46. The highest BCUT2D eigenvalue weighted by atomic mass is 35.5. The number of anilines is 1. The van der Waals surface area contributed by atoms with Gasteiger partial charge in [0, 0.05) is 13.1 Å². The highest BCUT2D eigenvalue weighted by molar-refractivity contribution is 7.07. The Hall–Kier alpha value is -1.52. The van der Waals surface area contributed by atoms with Gasteiger partial charge in [-0.25, -0.2) is 4.79 Å². The summed E-state index contributed by atoms with van der Waals surface area (Å²) >= 11 is 7.80. The van der Waals surface area contributed by atoms with Crippen LogP contribution in [0.2, 0.25) is 5.02 Å². The van der Waals surface area contributed by atoms with Gasteiger partial charge in [-0.1, -0.05) is 23.7 Å². The molecule has 0 spiro atoms. The maximum atomic E-state index is 12.3. The third-order valence-corrected chi connectivity index (χ3v) is 4.94. The van der Waals surface area contributed by atoms with Crippen LogP contribution in [0.1, 0.15) is 24.3 Å². The molecule has 1 aliphatic heterocycles. The van der Waals surface area contributed by atoms with Gasteiger partial charge in [0.25, 0.3) is 0 Å². The van der Waals surface area contributed by atoms with Crippen LogP contribution in [0.15, 0.2) is 41.1 Å². The third-order valence-electron chi connectivity index (χ3n) is 3.91. The van der Waals surface area contributed by atoms with Crippen molar-refractivity contribution in [2.24, 2.45) is 0 Å². The first-order valence-corrected chi connectivity index (χ1v) is 8.38. The van der Waals surface area contributed by atoms with Crippen molar-refractivity contribution < 1.29 is 4.79 Å². The zero-order valence-electron chi connectivity index (χ0n) is 11.6. The summed E-state index contributed by atoms with van der Waals surface area (Å²) in [4.78, 5) is 14.1. The Bertz CT molecular complexity index is 606. The van der Waals surface area contributed by atoms with E-state index in [1.165, 1.54) is 5.56 Å². The quantitative estimate of drug-likeness (QED) is 0.846. The van der Waals surface area contributed by atoms with Gasteiger partial charge in [0.1, 0.15) is 0 Å². The van der Waals surface area contributed by atoms with Crippen molar-refractivity contribution in [2.75, 3.05) is 18.4 Å². The number of likely N-dealkylation sites (tertiary alicyclic amines) is 1. The maximum Gasteiger partial charge on any atom is 0.321 e. The molecule has 1 N–H and O–H groups in total. The summed E-state index contributed by atoms with van der Waals surface area (Å²) in [7, 11) is 0. The molecule has 2 aromatic rings. The summed E-state index contributed by atoms with van der Waals surface area (Å²) in [6, 6.07) is 9.44. The van der Waals surface area contributed by atoms with E-state index >= 15 is 0 Å². The van der Waals surface area contributed by atoms with Crippen LogP contribution in [0, 0.1) is 0 Å². The number of nitrogens with one attached hydrogen (secondary N) is 1. The van der Waals surface area contributed by atoms with E-state index in [4.69, 9.17) is 11.6 Å². The number of carbonyl (C=O) groups is 1. The molecular formula is C16H17ClN2OS. The molecule has 3 nitrogen and oxygen atoms in total. The fraction of sp³-hybridized carbons (Fsp3) is 0.312. The number of thiophene rings is 1. The molecule has 1 aliphatic rings. The van der Waals surface area contributed by atoms with E-state index in [2.05, 4.69) is 22.1 Å². The summed E-state index contributed by atoms with van der Waals surface area (Å²) in [5.74, 6) is 0.584. The van der Waals surface area contributed by atoms with E-state index in [-0.39, 0.29) is 6.03 Å². The molecule has 0 unspecified atom stereocenters. The second-order valence-electron chi connectivity index (χ2n) is 5.23. The molecule has 2 amide bonds. The third kappa shape index (κ3) is 3.39. The van der Waals surface area contributed by atoms with Crippen molar-refractivity contribution in [1.29, 1.82) is 0 Å². The van der Waals surface area contributed by atoms with E-state index in [1.807, 2.05) is 23.1 Å². The van der Waals surface area contributed by atoms with Crippen LogP contribution in [0.3, 0.4) is 0 Å². The molecule has 1 fully saturated rings. The number of rotatable bonds is 2. The minimum absolute atomic E-state index is 0.0631. The number of hydrogen-bond donors (Lipinski definition) is 1. The van der Waals surface area contributed by atoms with Crippen LogP contribution in [0.5, 0.6) is 0 Å². The van der Waals surface area contributed by atoms with E-state index in [0.717, 1.165) is 25.9 Å². The molecule has 110 valence electrons. The molecule has 0 atom stereocenters. The van der Waals surface area contributed by atoms with Crippen LogP contribution in [-0.2, 0) is 0 Å². The number of carbonyl (C=O) groups excluding carboxylic acids is 1. The number of halogens is 1. The highest BCUT2D eigenvalue weighted by Crippen LogP contribution is 2.30. The lowest BCUT2D eigenvalue weighted by molar-refractivity contribution is 0.194. The van der Waals surface area contributed by atoms with Gasteiger partial charge in [0.2, 0.25) is 0 Å². The molecule has 5 heteroatoms. The van der Waals surface area contributed by atoms with E-state index in [1.54, 1.807) is 17.4 Å². The molecule has 0 radical (unpaired) electrons. The predicted molar refractivity (Wildman–Crippen MR) is 88.3 cm³/mol. The standard InChI is InChI=1S/C16H17ClN2OS/c17-14-3-1-2-4-15(14)18-16(20)19-8-5-12(6-9-19)13-7-10-21-11-13/h1-4,7,10-12H,5-6,8-9H2,(H,18,20). The predicted octanol–water partition coefficient (Wildman–Crippen LogP) is 4.81. The number of benzene rings is 1. The Morgan fingerprint density at radius 1 is 1.24 bits per heavy atom. The van der Waals surface area contributed by atoms with Crippen LogP contribution in [0.4, 0.5) is 10.5 Å². The summed E-state index contributed by atoms with van der Waals surface area (Å²) < 4.78 is 0. The van der Waals surface area contributed by atoms with Gasteiger partial charge < -0.3 is 10.2 Å². The van der Waals surface area contributed by atoms with Crippen LogP contribution in [-0.4, -0.2) is 24.0 Å². The van der Waals surface area contributed by atoms with Gasteiger partial charge in [-0.15, -0.1) is 0 Å². The number of nitrogens with zero attached hydrogens (tertiary/aromatic N) is 1. The summed E-state index contributed by atoms with van der Waals surface area (Å²) in [6.07, 6.45) is 2.04. The van der Waals surface area contributed by atoms with Gasteiger partial charge in [0.05, 0.1) is 10.7 Å². The van der Waals surface area contributed by atoms with Gasteiger partial charge in [0.15, 0.2) is 0 Å². The fourth-order valence-corrected chi connectivity index (χ4v) is 3.61. The Balaban J connectivity index is 1.57. The average Bonchev–Trinajstić information content (AvgIpc) is 3.04. The lowest BCUT2D eigenvalue weighted by atomic mass is 9.91. The number of urea groups is 1. The van der Waals surface area contributed by atoms with Crippen molar-refractivity contribution in [3.05, 3.63) is 51.7 Å².